The van der Waals surface area contributed by atoms with Crippen LogP contribution in [0.15, 0.2) is 4.90 Å². The maximum Gasteiger partial charge on any atom is 0.182 e. The predicted octanol–water partition coefficient (Wildman–Crippen LogP) is -0.0199. The van der Waals surface area contributed by atoms with Gasteiger partial charge in [-0.25, -0.2) is 13.1 Å². The van der Waals surface area contributed by atoms with E-state index in [1.54, 1.807) is 7.05 Å². The van der Waals surface area contributed by atoms with Gasteiger partial charge >= 0.3 is 0 Å². The van der Waals surface area contributed by atoms with E-state index in [4.69, 9.17) is 5.73 Å². The first-order valence-electron chi connectivity index (χ1n) is 4.68. The smallest absolute Gasteiger partial charge is 0.182 e. The molecule has 2 rings (SSSR count). The molecule has 0 amide bonds. The van der Waals surface area contributed by atoms with Crippen LogP contribution < -0.4 is 11.1 Å². The quantitative estimate of drug-likeness (QED) is 0.761. The van der Waals surface area contributed by atoms with Crippen molar-refractivity contribution in [3.8, 4) is 0 Å². The number of nitrogen functional groups attached to an aromatic ring is 1. The van der Waals surface area contributed by atoms with Crippen molar-refractivity contribution >= 4 is 21.5 Å². The van der Waals surface area contributed by atoms with Crippen LogP contribution in [0, 0.1) is 0 Å². The van der Waals surface area contributed by atoms with E-state index in [9.17, 15) is 8.42 Å². The molecule has 0 bridgehead atoms. The molecule has 1 heterocycles. The lowest BCUT2D eigenvalue weighted by molar-refractivity contribution is 0.602. The van der Waals surface area contributed by atoms with Crippen LogP contribution in [0.5, 0.6) is 0 Å². The normalized spacial score (nSPS) is 16.7. The molecule has 0 atom stereocenters. The van der Waals surface area contributed by atoms with Gasteiger partial charge in [0.25, 0.3) is 0 Å². The Morgan fingerprint density at radius 2 is 2.13 bits per heavy atom. The minimum Gasteiger partial charge on any atom is -0.383 e. The van der Waals surface area contributed by atoms with Crippen LogP contribution >= 0.6 is 0 Å². The average molecular weight is 230 g/mol. The van der Waals surface area contributed by atoms with Crippen LogP contribution in [0.1, 0.15) is 12.8 Å². The number of hydrogen-bond acceptors (Lipinski definition) is 5. The molecule has 7 heteroatoms. The van der Waals surface area contributed by atoms with E-state index in [0.717, 1.165) is 19.1 Å². The second kappa shape index (κ2) is 3.13. The SMILES string of the molecule is Cn1nc(NC2CC2)c(S(C)(=O)=O)c1N. The molecule has 1 saturated carbocycles. The molecule has 0 spiro atoms. The number of nitrogens with two attached hydrogens (primary N) is 1. The maximum atomic E-state index is 11.5. The van der Waals surface area contributed by atoms with Gasteiger partial charge in [-0.1, -0.05) is 0 Å². The van der Waals surface area contributed by atoms with Gasteiger partial charge in [-0.15, -0.1) is 0 Å². The van der Waals surface area contributed by atoms with Gasteiger partial charge in [0.2, 0.25) is 0 Å². The van der Waals surface area contributed by atoms with Gasteiger partial charge in [0.1, 0.15) is 5.82 Å². The molecule has 1 aromatic heterocycles. The van der Waals surface area contributed by atoms with E-state index in [2.05, 4.69) is 10.4 Å². The van der Waals surface area contributed by atoms with E-state index in [0.29, 0.717) is 11.9 Å². The third kappa shape index (κ3) is 1.92. The number of anilines is 2. The Bertz CT molecular complexity index is 487. The first-order valence-corrected chi connectivity index (χ1v) is 6.58. The van der Waals surface area contributed by atoms with Crippen LogP contribution in [0.2, 0.25) is 0 Å². The molecule has 1 aromatic rings. The topological polar surface area (TPSA) is 90.0 Å². The molecular formula is C8H14N4O2S. The zero-order chi connectivity index (χ0) is 11.2. The highest BCUT2D eigenvalue weighted by Crippen LogP contribution is 2.31. The number of aromatic nitrogens is 2. The molecule has 1 aliphatic carbocycles. The van der Waals surface area contributed by atoms with Gasteiger partial charge < -0.3 is 11.1 Å². The number of sulfone groups is 1. The number of aryl methyl sites for hydroxylation is 1. The summed E-state index contributed by atoms with van der Waals surface area (Å²) >= 11 is 0. The standard InChI is InChI=1S/C8H14N4O2S/c1-12-7(9)6(15(2,13)14)8(11-12)10-5-3-4-5/h5H,3-4,9H2,1-2H3,(H,10,11). The largest absolute Gasteiger partial charge is 0.383 e. The van der Waals surface area contributed by atoms with E-state index >= 15 is 0 Å². The third-order valence-electron chi connectivity index (χ3n) is 2.34. The van der Waals surface area contributed by atoms with Crippen molar-refractivity contribution in [1.82, 2.24) is 9.78 Å². The summed E-state index contributed by atoms with van der Waals surface area (Å²) in [6.45, 7) is 0. The minimum absolute atomic E-state index is 0.108. The highest BCUT2D eigenvalue weighted by atomic mass is 32.2. The van der Waals surface area contributed by atoms with Gasteiger partial charge in [0, 0.05) is 19.3 Å². The van der Waals surface area contributed by atoms with Gasteiger partial charge in [-0.05, 0) is 12.8 Å². The van der Waals surface area contributed by atoms with E-state index < -0.39 is 9.84 Å². The van der Waals surface area contributed by atoms with Crippen molar-refractivity contribution in [2.75, 3.05) is 17.3 Å². The van der Waals surface area contributed by atoms with Crippen molar-refractivity contribution in [3.05, 3.63) is 0 Å². The van der Waals surface area contributed by atoms with Crippen molar-refractivity contribution in [2.45, 2.75) is 23.8 Å². The molecule has 1 aliphatic rings. The molecule has 0 radical (unpaired) electrons. The Morgan fingerprint density at radius 1 is 1.53 bits per heavy atom. The first-order chi connectivity index (χ1) is 6.89. The van der Waals surface area contributed by atoms with Crippen LogP contribution in [0.3, 0.4) is 0 Å². The summed E-state index contributed by atoms with van der Waals surface area (Å²) in [4.78, 5) is 0.108. The molecule has 84 valence electrons. The zero-order valence-corrected chi connectivity index (χ0v) is 9.50. The minimum atomic E-state index is -3.33. The molecule has 6 nitrogen and oxygen atoms in total. The van der Waals surface area contributed by atoms with Gasteiger partial charge in [-0.3, -0.25) is 0 Å². The van der Waals surface area contributed by atoms with Gasteiger partial charge in [0.05, 0.1) is 0 Å². The van der Waals surface area contributed by atoms with Crippen molar-refractivity contribution in [2.24, 2.45) is 7.05 Å². The second-order valence-electron chi connectivity index (χ2n) is 3.88. The molecule has 15 heavy (non-hydrogen) atoms. The van der Waals surface area contributed by atoms with Crippen molar-refractivity contribution < 1.29 is 8.42 Å². The highest BCUT2D eigenvalue weighted by molar-refractivity contribution is 7.91. The lowest BCUT2D eigenvalue weighted by Crippen LogP contribution is -2.07. The summed E-state index contributed by atoms with van der Waals surface area (Å²) < 4.78 is 24.4. The summed E-state index contributed by atoms with van der Waals surface area (Å²) in [5, 5.41) is 7.12. The summed E-state index contributed by atoms with van der Waals surface area (Å²) in [5.41, 5.74) is 5.67. The summed E-state index contributed by atoms with van der Waals surface area (Å²) in [5.74, 6) is 0.556. The van der Waals surface area contributed by atoms with Gasteiger partial charge in [0.15, 0.2) is 20.6 Å². The Balaban J connectivity index is 2.48. The number of hydrogen-bond donors (Lipinski definition) is 2. The molecular weight excluding hydrogens is 216 g/mol. The summed E-state index contributed by atoms with van der Waals surface area (Å²) in [6, 6.07) is 0.347. The van der Waals surface area contributed by atoms with E-state index in [-0.39, 0.29) is 10.7 Å². The second-order valence-corrected chi connectivity index (χ2v) is 5.83. The van der Waals surface area contributed by atoms with Crippen LogP contribution in [0.25, 0.3) is 0 Å². The Labute approximate surface area is 88.4 Å². The third-order valence-corrected chi connectivity index (χ3v) is 3.48. The Morgan fingerprint density at radius 3 is 2.60 bits per heavy atom. The van der Waals surface area contributed by atoms with E-state index in [1.807, 2.05) is 0 Å². The lowest BCUT2D eigenvalue weighted by Gasteiger charge is -2.02. The van der Waals surface area contributed by atoms with Crippen LogP contribution in [-0.4, -0.2) is 30.5 Å². The summed E-state index contributed by atoms with van der Waals surface area (Å²) in [6.07, 6.45) is 3.25. The fourth-order valence-electron chi connectivity index (χ4n) is 1.40. The molecule has 1 fully saturated rings. The summed E-state index contributed by atoms with van der Waals surface area (Å²) in [7, 11) is -1.70. The molecule has 0 aromatic carbocycles. The van der Waals surface area contributed by atoms with Crippen molar-refractivity contribution in [3.63, 3.8) is 0 Å². The number of nitrogens with one attached hydrogen (secondary N) is 1. The van der Waals surface area contributed by atoms with Crippen molar-refractivity contribution in [1.29, 1.82) is 0 Å². The first kappa shape index (κ1) is 10.3. The zero-order valence-electron chi connectivity index (χ0n) is 8.69. The van der Waals surface area contributed by atoms with Gasteiger partial charge in [-0.2, -0.15) is 5.10 Å². The fourth-order valence-corrected chi connectivity index (χ4v) is 2.36. The molecule has 0 saturated heterocycles. The van der Waals surface area contributed by atoms with Crippen LogP contribution in [-0.2, 0) is 16.9 Å². The highest BCUT2D eigenvalue weighted by Gasteiger charge is 2.28. The fraction of sp³-hybridized carbons (Fsp3) is 0.625. The Hall–Kier alpha value is -1.24. The number of rotatable bonds is 3. The predicted molar refractivity (Wildman–Crippen MR) is 57.4 cm³/mol. The van der Waals surface area contributed by atoms with E-state index in [1.165, 1.54) is 4.68 Å². The Kier molecular flexibility index (Phi) is 2.14. The number of nitrogens with zero attached hydrogens (tertiary/aromatic N) is 2. The maximum absolute atomic E-state index is 11.5. The van der Waals surface area contributed by atoms with Crippen LogP contribution in [0.4, 0.5) is 11.6 Å². The average Bonchev–Trinajstić information content (AvgIpc) is 2.80. The molecule has 0 aliphatic heterocycles. The monoisotopic (exact) mass is 230 g/mol. The molecule has 0 unspecified atom stereocenters. The lowest BCUT2D eigenvalue weighted by atomic mass is 10.5. The molecule has 3 N–H and O–H groups in total.